The van der Waals surface area contributed by atoms with E-state index in [1.165, 1.54) is 12.1 Å². The van der Waals surface area contributed by atoms with Crippen LogP contribution in [-0.4, -0.2) is 125 Å². The number of benzene rings is 2. The number of fused-ring (bicyclic) bond motifs is 2. The zero-order valence-corrected chi connectivity index (χ0v) is 28.1. The van der Waals surface area contributed by atoms with E-state index in [4.69, 9.17) is 18.9 Å². The number of rotatable bonds is 6. The molecule has 3 heterocycles. The molecule has 2 aromatic carbocycles. The Kier molecular flexibility index (Phi) is 12.8. The van der Waals surface area contributed by atoms with Crippen molar-refractivity contribution in [3.8, 4) is 0 Å². The van der Waals surface area contributed by atoms with E-state index in [-0.39, 0.29) is 20.8 Å². The van der Waals surface area contributed by atoms with E-state index in [0.717, 1.165) is 0 Å². The Balaban J connectivity index is 1.16. The second-order valence-corrected chi connectivity index (χ2v) is 14.0. The third kappa shape index (κ3) is 10.4. The van der Waals surface area contributed by atoms with Crippen LogP contribution in [0.2, 0.25) is 0 Å². The van der Waals surface area contributed by atoms with Crippen molar-refractivity contribution in [3.63, 3.8) is 0 Å². The van der Waals surface area contributed by atoms with Crippen molar-refractivity contribution in [2.24, 2.45) is 0 Å². The molecule has 14 nitrogen and oxygen atoms in total. The second-order valence-electron chi connectivity index (χ2n) is 11.2. The van der Waals surface area contributed by atoms with Gasteiger partial charge in [0.25, 0.3) is 20.2 Å². The average molecular weight is 705 g/mol. The Morgan fingerprint density at radius 2 is 0.875 bits per heavy atom. The van der Waals surface area contributed by atoms with Gasteiger partial charge in [-0.15, -0.1) is 0 Å². The van der Waals surface area contributed by atoms with Gasteiger partial charge in [0.1, 0.15) is 9.79 Å². The van der Waals surface area contributed by atoms with Crippen molar-refractivity contribution in [3.05, 3.63) is 72.1 Å². The number of para-hydroxylation sites is 2. The van der Waals surface area contributed by atoms with Gasteiger partial charge >= 0.3 is 0 Å². The first-order valence-corrected chi connectivity index (χ1v) is 18.4. The van der Waals surface area contributed by atoms with Gasteiger partial charge in [0.2, 0.25) is 0 Å². The highest BCUT2D eigenvalue weighted by molar-refractivity contribution is 7.86. The molecule has 0 atom stereocenters. The third-order valence-corrected chi connectivity index (χ3v) is 9.53. The quantitative estimate of drug-likeness (QED) is 0.280. The minimum atomic E-state index is -4.43. The Hall–Kier alpha value is -3.16. The molecular formula is C32H40N4O10S2. The van der Waals surface area contributed by atoms with E-state index in [0.29, 0.717) is 114 Å². The van der Waals surface area contributed by atoms with Crippen molar-refractivity contribution >= 4 is 42.0 Å². The summed E-state index contributed by atoms with van der Waals surface area (Å²) in [7, 11) is -8.85. The van der Waals surface area contributed by atoms with Gasteiger partial charge < -0.3 is 18.9 Å². The molecule has 0 unspecified atom stereocenters. The summed E-state index contributed by atoms with van der Waals surface area (Å²) in [5.41, 5.74) is 1.74. The minimum Gasteiger partial charge on any atom is -0.378 e. The van der Waals surface area contributed by atoms with Crippen LogP contribution < -0.4 is 0 Å². The zero-order valence-electron chi connectivity index (χ0n) is 26.4. The minimum absolute atomic E-state index is 0.221. The standard InChI is InChI=1S/C32H40N4O10S2/c37-47(38,39)29-5-1-3-25-7-9-27(33-31(25)29)23-35-11-15-43-19-21-45-17-13-36(14-18-46-22-20-44-16-12-35)24-28-10-8-26-4-2-6-30(32(26)34-28)48(40,41)42/h1-10H,11-24H2,(H,37,38,39)(H,40,41,42). The second kappa shape index (κ2) is 17.0. The lowest BCUT2D eigenvalue weighted by Crippen LogP contribution is -2.33. The molecule has 0 radical (unpaired) electrons. The topological polar surface area (TPSA) is 178 Å². The van der Waals surface area contributed by atoms with Gasteiger partial charge in [-0.05, 0) is 24.3 Å². The molecule has 1 fully saturated rings. The van der Waals surface area contributed by atoms with E-state index < -0.39 is 20.2 Å². The maximum atomic E-state index is 11.9. The first-order chi connectivity index (χ1) is 23.1. The van der Waals surface area contributed by atoms with Crippen LogP contribution in [0.1, 0.15) is 11.4 Å². The van der Waals surface area contributed by atoms with Crippen LogP contribution in [0, 0.1) is 0 Å². The average Bonchev–Trinajstić information content (AvgIpc) is 3.04. The summed E-state index contributed by atoms with van der Waals surface area (Å²) in [6.45, 7) is 6.45. The molecule has 0 spiro atoms. The van der Waals surface area contributed by atoms with Crippen LogP contribution >= 0.6 is 0 Å². The molecule has 48 heavy (non-hydrogen) atoms. The van der Waals surface area contributed by atoms with E-state index in [1.807, 2.05) is 12.1 Å². The number of nitrogens with zero attached hydrogens (tertiary/aromatic N) is 4. The van der Waals surface area contributed by atoms with Crippen molar-refractivity contribution in [2.45, 2.75) is 22.9 Å². The highest BCUT2D eigenvalue weighted by atomic mass is 32.2. The molecule has 2 aromatic heterocycles. The molecule has 1 aliphatic rings. The van der Waals surface area contributed by atoms with E-state index in [1.54, 1.807) is 36.4 Å². The van der Waals surface area contributed by atoms with E-state index >= 15 is 0 Å². The summed E-state index contributed by atoms with van der Waals surface area (Å²) in [6, 6.07) is 16.5. The molecule has 5 rings (SSSR count). The van der Waals surface area contributed by atoms with Crippen LogP contribution in [0.25, 0.3) is 21.8 Å². The SMILES string of the molecule is O=S(=O)(O)c1cccc2ccc(CN3CCOCCOCCN(Cc4ccc5cccc(S(=O)(=O)O)c5n4)CCOCCOCC3)nc12. The van der Waals surface area contributed by atoms with Crippen LogP contribution in [-0.2, 0) is 52.3 Å². The van der Waals surface area contributed by atoms with Gasteiger partial charge in [-0.3, -0.25) is 18.9 Å². The number of hydrogen-bond acceptors (Lipinski definition) is 12. The van der Waals surface area contributed by atoms with Crippen molar-refractivity contribution in [1.82, 2.24) is 19.8 Å². The van der Waals surface area contributed by atoms with Gasteiger partial charge in [-0.25, -0.2) is 9.97 Å². The fourth-order valence-electron chi connectivity index (χ4n) is 5.33. The summed E-state index contributed by atoms with van der Waals surface area (Å²) in [6.07, 6.45) is 0. The van der Waals surface area contributed by atoms with Crippen LogP contribution in [0.5, 0.6) is 0 Å². The van der Waals surface area contributed by atoms with E-state index in [2.05, 4.69) is 19.8 Å². The molecule has 0 bridgehead atoms. The fraction of sp³-hybridized carbons (Fsp3) is 0.438. The largest absolute Gasteiger partial charge is 0.378 e. The number of aromatic nitrogens is 2. The lowest BCUT2D eigenvalue weighted by atomic mass is 10.2. The van der Waals surface area contributed by atoms with Crippen molar-refractivity contribution < 1.29 is 44.9 Å². The smallest absolute Gasteiger partial charge is 0.296 e. The predicted octanol–water partition coefficient (Wildman–Crippen LogP) is 2.66. The Morgan fingerprint density at radius 3 is 1.21 bits per heavy atom. The van der Waals surface area contributed by atoms with Crippen molar-refractivity contribution in [1.29, 1.82) is 0 Å². The highest BCUT2D eigenvalue weighted by Gasteiger charge is 2.18. The monoisotopic (exact) mass is 704 g/mol. The normalized spacial score (nSPS) is 18.0. The molecule has 1 aliphatic heterocycles. The van der Waals surface area contributed by atoms with Gasteiger partial charge in [0, 0.05) is 50.0 Å². The molecule has 0 amide bonds. The first-order valence-electron chi connectivity index (χ1n) is 15.6. The van der Waals surface area contributed by atoms with Crippen molar-refractivity contribution in [2.75, 3.05) is 79.0 Å². The Bertz CT molecular complexity index is 1740. The maximum absolute atomic E-state index is 11.9. The van der Waals surface area contributed by atoms with Gasteiger partial charge in [-0.2, -0.15) is 16.8 Å². The summed E-state index contributed by atoms with van der Waals surface area (Å²) in [5.74, 6) is 0. The summed E-state index contributed by atoms with van der Waals surface area (Å²) in [4.78, 5) is 12.9. The molecule has 4 aromatic rings. The molecule has 1 saturated heterocycles. The fourth-order valence-corrected chi connectivity index (χ4v) is 6.65. The Morgan fingerprint density at radius 1 is 0.521 bits per heavy atom. The number of ether oxygens (including phenoxy) is 4. The molecule has 16 heteroatoms. The van der Waals surface area contributed by atoms with Gasteiger partial charge in [-0.1, -0.05) is 36.4 Å². The summed E-state index contributed by atoms with van der Waals surface area (Å²) < 4.78 is 90.2. The molecule has 2 N–H and O–H groups in total. The molecular weight excluding hydrogens is 665 g/mol. The summed E-state index contributed by atoms with van der Waals surface area (Å²) in [5, 5.41) is 1.23. The van der Waals surface area contributed by atoms with Gasteiger partial charge in [0.15, 0.2) is 0 Å². The highest BCUT2D eigenvalue weighted by Crippen LogP contribution is 2.23. The predicted molar refractivity (Wildman–Crippen MR) is 177 cm³/mol. The van der Waals surface area contributed by atoms with E-state index in [9.17, 15) is 25.9 Å². The maximum Gasteiger partial charge on any atom is 0.296 e. The van der Waals surface area contributed by atoms with Gasteiger partial charge in [0.05, 0.1) is 75.3 Å². The molecule has 260 valence electrons. The zero-order chi connectivity index (χ0) is 34.0. The van der Waals surface area contributed by atoms with Crippen LogP contribution in [0.15, 0.2) is 70.5 Å². The molecule has 0 aliphatic carbocycles. The lowest BCUT2D eigenvalue weighted by molar-refractivity contribution is 0.00601. The van der Waals surface area contributed by atoms with Crippen LogP contribution in [0.3, 0.4) is 0 Å². The number of pyridine rings is 2. The lowest BCUT2D eigenvalue weighted by Gasteiger charge is -2.23. The Labute approximate surface area is 280 Å². The number of hydrogen-bond donors (Lipinski definition) is 2. The third-order valence-electron chi connectivity index (χ3n) is 7.76. The summed E-state index contributed by atoms with van der Waals surface area (Å²) >= 11 is 0. The molecule has 0 saturated carbocycles. The van der Waals surface area contributed by atoms with Crippen LogP contribution in [0.4, 0.5) is 0 Å². The first kappa shape index (κ1) is 36.1.